The highest BCUT2D eigenvalue weighted by molar-refractivity contribution is 5.91. The zero-order valence-corrected chi connectivity index (χ0v) is 11.0. The summed E-state index contributed by atoms with van der Waals surface area (Å²) in [4.78, 5) is 19.6. The van der Waals surface area contributed by atoms with Gasteiger partial charge in [-0.25, -0.2) is 9.67 Å². The van der Waals surface area contributed by atoms with Gasteiger partial charge in [-0.1, -0.05) is 0 Å². The zero-order valence-electron chi connectivity index (χ0n) is 11.0. The average Bonchev–Trinajstić information content (AvgIpc) is 2.68. The van der Waals surface area contributed by atoms with Crippen molar-refractivity contribution < 1.29 is 13.6 Å². The van der Waals surface area contributed by atoms with E-state index in [9.17, 15) is 13.6 Å². The van der Waals surface area contributed by atoms with Gasteiger partial charge in [0.15, 0.2) is 5.82 Å². The SMILES string of the molecule is Cc1nn(C(F)F)c(C)c1CC(=O)Nc1cnccn1. The van der Waals surface area contributed by atoms with Crippen LogP contribution < -0.4 is 5.32 Å². The fourth-order valence-corrected chi connectivity index (χ4v) is 1.85. The van der Waals surface area contributed by atoms with Crippen molar-refractivity contribution in [3.8, 4) is 0 Å². The summed E-state index contributed by atoms with van der Waals surface area (Å²) in [5.41, 5.74) is 1.19. The fourth-order valence-electron chi connectivity index (χ4n) is 1.85. The quantitative estimate of drug-likeness (QED) is 0.928. The van der Waals surface area contributed by atoms with Gasteiger partial charge in [0.1, 0.15) is 0 Å². The van der Waals surface area contributed by atoms with Gasteiger partial charge in [0.2, 0.25) is 5.91 Å². The van der Waals surface area contributed by atoms with Crippen LogP contribution in [0.4, 0.5) is 14.6 Å². The van der Waals surface area contributed by atoms with E-state index in [2.05, 4.69) is 20.4 Å². The Bertz CT molecular complexity index is 612. The van der Waals surface area contributed by atoms with E-state index in [1.807, 2.05) is 0 Å². The van der Waals surface area contributed by atoms with Gasteiger partial charge in [0, 0.05) is 23.7 Å². The van der Waals surface area contributed by atoms with Crippen molar-refractivity contribution in [2.75, 3.05) is 5.32 Å². The van der Waals surface area contributed by atoms with E-state index in [-0.39, 0.29) is 18.0 Å². The lowest BCUT2D eigenvalue weighted by atomic mass is 10.1. The molecule has 1 amide bonds. The Balaban J connectivity index is 2.12. The lowest BCUT2D eigenvalue weighted by Crippen LogP contribution is -2.16. The molecule has 0 aliphatic carbocycles. The summed E-state index contributed by atoms with van der Waals surface area (Å²) in [6.07, 6.45) is 4.29. The maximum atomic E-state index is 12.7. The van der Waals surface area contributed by atoms with Crippen LogP contribution >= 0.6 is 0 Å². The number of nitrogens with zero attached hydrogens (tertiary/aromatic N) is 4. The van der Waals surface area contributed by atoms with Gasteiger partial charge in [-0.15, -0.1) is 0 Å². The van der Waals surface area contributed by atoms with Crippen LogP contribution in [-0.2, 0) is 11.2 Å². The molecule has 0 bridgehead atoms. The van der Waals surface area contributed by atoms with Gasteiger partial charge in [-0.2, -0.15) is 13.9 Å². The van der Waals surface area contributed by atoms with Gasteiger partial charge in [-0.3, -0.25) is 9.78 Å². The summed E-state index contributed by atoms with van der Waals surface area (Å²) in [6, 6.07) is 0. The average molecular weight is 281 g/mol. The molecule has 0 saturated heterocycles. The summed E-state index contributed by atoms with van der Waals surface area (Å²) in [5, 5.41) is 6.27. The van der Waals surface area contributed by atoms with Gasteiger partial charge in [0.25, 0.3) is 0 Å². The normalized spacial score (nSPS) is 10.8. The number of aromatic nitrogens is 4. The Hall–Kier alpha value is -2.38. The summed E-state index contributed by atoms with van der Waals surface area (Å²) in [7, 11) is 0. The Kier molecular flexibility index (Phi) is 4.02. The predicted octanol–water partition coefficient (Wildman–Crippen LogP) is 1.87. The molecule has 0 saturated carbocycles. The van der Waals surface area contributed by atoms with Gasteiger partial charge >= 0.3 is 6.55 Å². The Morgan fingerprint density at radius 3 is 2.70 bits per heavy atom. The number of anilines is 1. The molecule has 0 spiro atoms. The molecular weight excluding hydrogens is 268 g/mol. The van der Waals surface area contributed by atoms with E-state index >= 15 is 0 Å². The van der Waals surface area contributed by atoms with Crippen molar-refractivity contribution in [2.24, 2.45) is 0 Å². The maximum Gasteiger partial charge on any atom is 0.333 e. The summed E-state index contributed by atoms with van der Waals surface area (Å²) >= 11 is 0. The number of carbonyl (C=O) groups excluding carboxylic acids is 1. The monoisotopic (exact) mass is 281 g/mol. The van der Waals surface area contributed by atoms with Crippen LogP contribution in [0.5, 0.6) is 0 Å². The van der Waals surface area contributed by atoms with E-state index in [1.165, 1.54) is 25.5 Å². The number of halogens is 2. The number of rotatable bonds is 4. The van der Waals surface area contributed by atoms with Crippen LogP contribution in [-0.4, -0.2) is 25.7 Å². The molecule has 2 heterocycles. The molecule has 2 aromatic heterocycles. The number of carbonyl (C=O) groups is 1. The number of hydrogen-bond acceptors (Lipinski definition) is 4. The summed E-state index contributed by atoms with van der Waals surface area (Å²) in [6.45, 7) is 0.388. The van der Waals surface area contributed by atoms with Crippen LogP contribution in [0.15, 0.2) is 18.6 Å². The van der Waals surface area contributed by atoms with E-state index in [0.717, 1.165) is 0 Å². The van der Waals surface area contributed by atoms with E-state index in [0.29, 0.717) is 21.8 Å². The molecule has 0 atom stereocenters. The standard InChI is InChI=1S/C12H13F2N5O/c1-7-9(8(2)19(18-7)12(13)14)5-11(20)17-10-6-15-3-4-16-10/h3-4,6,12H,5H2,1-2H3,(H,16,17,20). The molecule has 20 heavy (non-hydrogen) atoms. The first kappa shape index (κ1) is 14.0. The van der Waals surface area contributed by atoms with Crippen LogP contribution in [0.25, 0.3) is 0 Å². The minimum absolute atomic E-state index is 0.0407. The van der Waals surface area contributed by atoms with Gasteiger partial charge < -0.3 is 5.32 Å². The Labute approximate surface area is 113 Å². The minimum Gasteiger partial charge on any atom is -0.309 e. The third kappa shape index (κ3) is 2.95. The Morgan fingerprint density at radius 1 is 1.40 bits per heavy atom. The highest BCUT2D eigenvalue weighted by Gasteiger charge is 2.19. The number of nitrogens with one attached hydrogen (secondary N) is 1. The smallest absolute Gasteiger partial charge is 0.309 e. The highest BCUT2D eigenvalue weighted by Crippen LogP contribution is 2.19. The molecule has 0 unspecified atom stereocenters. The first-order valence-corrected chi connectivity index (χ1v) is 5.87. The predicted molar refractivity (Wildman–Crippen MR) is 67.3 cm³/mol. The summed E-state index contributed by atoms with van der Waals surface area (Å²) in [5.74, 6) is -0.0421. The number of hydrogen-bond donors (Lipinski definition) is 1. The second kappa shape index (κ2) is 5.72. The largest absolute Gasteiger partial charge is 0.333 e. The maximum absolute atomic E-state index is 12.7. The van der Waals surface area contributed by atoms with E-state index < -0.39 is 6.55 Å². The molecule has 6 nitrogen and oxygen atoms in total. The molecule has 2 rings (SSSR count). The third-order valence-corrected chi connectivity index (χ3v) is 2.83. The minimum atomic E-state index is -2.72. The molecule has 8 heteroatoms. The van der Waals surface area contributed by atoms with E-state index in [4.69, 9.17) is 0 Å². The lowest BCUT2D eigenvalue weighted by Gasteiger charge is -2.05. The van der Waals surface area contributed by atoms with Gasteiger partial charge in [0.05, 0.1) is 18.3 Å². The molecule has 0 aliphatic heterocycles. The first-order valence-electron chi connectivity index (χ1n) is 5.87. The number of alkyl halides is 2. The molecule has 0 radical (unpaired) electrons. The van der Waals surface area contributed by atoms with Crippen molar-refractivity contribution in [3.63, 3.8) is 0 Å². The van der Waals surface area contributed by atoms with Crippen LogP contribution in [0.2, 0.25) is 0 Å². The first-order chi connectivity index (χ1) is 9.49. The summed E-state index contributed by atoms with van der Waals surface area (Å²) < 4.78 is 26.0. The lowest BCUT2D eigenvalue weighted by molar-refractivity contribution is -0.115. The molecule has 1 N–H and O–H groups in total. The third-order valence-electron chi connectivity index (χ3n) is 2.83. The van der Waals surface area contributed by atoms with Crippen molar-refractivity contribution in [1.82, 2.24) is 19.7 Å². The number of amides is 1. The molecule has 0 fully saturated rings. The van der Waals surface area contributed by atoms with E-state index in [1.54, 1.807) is 6.92 Å². The van der Waals surface area contributed by atoms with Crippen molar-refractivity contribution >= 4 is 11.7 Å². The fraction of sp³-hybridized carbons (Fsp3) is 0.333. The highest BCUT2D eigenvalue weighted by atomic mass is 19.3. The topological polar surface area (TPSA) is 72.7 Å². The van der Waals surface area contributed by atoms with Crippen molar-refractivity contribution in [2.45, 2.75) is 26.8 Å². The molecule has 0 aliphatic rings. The van der Waals surface area contributed by atoms with Crippen LogP contribution in [0.1, 0.15) is 23.5 Å². The van der Waals surface area contributed by atoms with Crippen molar-refractivity contribution in [1.29, 1.82) is 0 Å². The van der Waals surface area contributed by atoms with Gasteiger partial charge in [-0.05, 0) is 13.8 Å². The van der Waals surface area contributed by atoms with Crippen LogP contribution in [0, 0.1) is 13.8 Å². The van der Waals surface area contributed by atoms with Crippen molar-refractivity contribution in [3.05, 3.63) is 35.5 Å². The molecular formula is C12H13F2N5O. The molecule has 106 valence electrons. The molecule has 0 aromatic carbocycles. The second-order valence-corrected chi connectivity index (χ2v) is 4.19. The van der Waals surface area contributed by atoms with Crippen LogP contribution in [0.3, 0.4) is 0 Å². The second-order valence-electron chi connectivity index (χ2n) is 4.19. The zero-order chi connectivity index (χ0) is 14.7. The Morgan fingerprint density at radius 2 is 2.15 bits per heavy atom. The number of aryl methyl sites for hydroxylation is 1. The molecule has 2 aromatic rings.